The lowest BCUT2D eigenvalue weighted by molar-refractivity contribution is -0.678. The molecule has 4 heteroatoms. The third-order valence-corrected chi connectivity index (χ3v) is 3.88. The standard InChI is InChI=1S/C20H20N2O2/c1-15-9-11-17(12-10-15)22-19(23)14-21-20(18-8-5-13-24-18)16-6-3-2-4-7-16/h2-13,20-21H,14H2,1H3,(H,22,23)/p+1/t20-/m0/s1. The molecule has 0 unspecified atom stereocenters. The largest absolute Gasteiger partial charge is 0.463 e. The maximum absolute atomic E-state index is 12.2. The van der Waals surface area contributed by atoms with Gasteiger partial charge in [-0.1, -0.05) is 48.0 Å². The zero-order chi connectivity index (χ0) is 16.8. The summed E-state index contributed by atoms with van der Waals surface area (Å²) in [5.74, 6) is 0.802. The Balaban J connectivity index is 1.65. The third-order valence-electron chi connectivity index (χ3n) is 3.88. The summed E-state index contributed by atoms with van der Waals surface area (Å²) in [4.78, 5) is 12.2. The quantitative estimate of drug-likeness (QED) is 0.733. The Morgan fingerprint density at radius 2 is 1.79 bits per heavy atom. The molecule has 2 aromatic carbocycles. The van der Waals surface area contributed by atoms with Gasteiger partial charge in [0.25, 0.3) is 5.91 Å². The van der Waals surface area contributed by atoms with Gasteiger partial charge in [-0.15, -0.1) is 0 Å². The Kier molecular flexibility index (Phi) is 5.08. The number of anilines is 1. The average molecular weight is 321 g/mol. The molecule has 0 fully saturated rings. The van der Waals surface area contributed by atoms with E-state index in [1.165, 1.54) is 5.56 Å². The first-order valence-electron chi connectivity index (χ1n) is 8.00. The van der Waals surface area contributed by atoms with Crippen molar-refractivity contribution in [2.45, 2.75) is 13.0 Å². The SMILES string of the molecule is Cc1ccc(NC(=O)C[NH2+][C@@H](c2ccccc2)c2ccco2)cc1. The highest BCUT2D eigenvalue weighted by atomic mass is 16.3. The van der Waals surface area contributed by atoms with Crippen LogP contribution in [0.2, 0.25) is 0 Å². The van der Waals surface area contributed by atoms with Gasteiger partial charge in [-0.25, -0.2) is 0 Å². The molecule has 3 aromatic rings. The van der Waals surface area contributed by atoms with E-state index in [0.717, 1.165) is 17.0 Å². The van der Waals surface area contributed by atoms with Gasteiger partial charge in [-0.2, -0.15) is 0 Å². The van der Waals surface area contributed by atoms with Crippen molar-refractivity contribution in [3.05, 3.63) is 89.9 Å². The maximum Gasteiger partial charge on any atom is 0.279 e. The van der Waals surface area contributed by atoms with Crippen molar-refractivity contribution in [1.82, 2.24) is 0 Å². The summed E-state index contributed by atoms with van der Waals surface area (Å²) in [7, 11) is 0. The molecule has 122 valence electrons. The molecule has 3 rings (SSSR count). The summed E-state index contributed by atoms with van der Waals surface area (Å²) < 4.78 is 5.55. The zero-order valence-corrected chi connectivity index (χ0v) is 13.6. The lowest BCUT2D eigenvalue weighted by atomic mass is 10.0. The molecule has 1 atom stereocenters. The molecule has 0 spiro atoms. The second kappa shape index (κ2) is 7.62. The second-order valence-corrected chi connectivity index (χ2v) is 5.76. The number of amides is 1. The number of hydrogen-bond donors (Lipinski definition) is 2. The number of nitrogens with two attached hydrogens (primary N) is 1. The predicted molar refractivity (Wildman–Crippen MR) is 93.6 cm³/mol. The molecule has 3 N–H and O–H groups in total. The summed E-state index contributed by atoms with van der Waals surface area (Å²) in [6.45, 7) is 2.33. The van der Waals surface area contributed by atoms with Crippen LogP contribution in [-0.4, -0.2) is 12.5 Å². The van der Waals surface area contributed by atoms with Gasteiger partial charge in [0.1, 0.15) is 0 Å². The number of benzene rings is 2. The highest BCUT2D eigenvalue weighted by molar-refractivity contribution is 5.91. The normalized spacial score (nSPS) is 11.9. The maximum atomic E-state index is 12.2. The van der Waals surface area contributed by atoms with E-state index in [1.54, 1.807) is 6.26 Å². The third kappa shape index (κ3) is 4.12. The van der Waals surface area contributed by atoms with Gasteiger partial charge in [0.05, 0.1) is 6.26 Å². The number of nitrogens with one attached hydrogen (secondary N) is 1. The summed E-state index contributed by atoms with van der Waals surface area (Å²) in [6, 6.07) is 21.6. The van der Waals surface area contributed by atoms with Gasteiger partial charge in [-0.05, 0) is 31.2 Å². The number of hydrogen-bond acceptors (Lipinski definition) is 2. The minimum atomic E-state index is -0.0371. The molecule has 1 amide bonds. The molecule has 0 aliphatic carbocycles. The first kappa shape index (κ1) is 16.0. The first-order valence-corrected chi connectivity index (χ1v) is 8.00. The van der Waals surface area contributed by atoms with Crippen LogP contribution in [0.1, 0.15) is 22.9 Å². The van der Waals surface area contributed by atoms with Crippen LogP contribution < -0.4 is 10.6 Å². The summed E-state index contributed by atoms with van der Waals surface area (Å²) >= 11 is 0. The molecule has 0 bridgehead atoms. The van der Waals surface area contributed by atoms with Gasteiger partial charge < -0.3 is 15.1 Å². The number of carbonyl (C=O) groups excluding carboxylic acids is 1. The number of aryl methyl sites for hydroxylation is 1. The van der Waals surface area contributed by atoms with E-state index in [9.17, 15) is 4.79 Å². The highest BCUT2D eigenvalue weighted by Gasteiger charge is 2.21. The zero-order valence-electron chi connectivity index (χ0n) is 13.6. The van der Waals surface area contributed by atoms with Crippen molar-refractivity contribution < 1.29 is 14.5 Å². The molecule has 1 heterocycles. The lowest BCUT2D eigenvalue weighted by Crippen LogP contribution is -2.87. The van der Waals surface area contributed by atoms with Crippen LogP contribution in [0, 0.1) is 6.92 Å². The van der Waals surface area contributed by atoms with Crippen LogP contribution in [0.15, 0.2) is 77.4 Å². The van der Waals surface area contributed by atoms with Crippen LogP contribution in [0.5, 0.6) is 0 Å². The minimum Gasteiger partial charge on any atom is -0.463 e. The number of rotatable bonds is 6. The monoisotopic (exact) mass is 321 g/mol. The summed E-state index contributed by atoms with van der Waals surface area (Å²) in [6.07, 6.45) is 1.66. The molecular weight excluding hydrogens is 300 g/mol. The van der Waals surface area contributed by atoms with Crippen molar-refractivity contribution >= 4 is 11.6 Å². The van der Waals surface area contributed by atoms with E-state index in [0.29, 0.717) is 6.54 Å². The molecule has 0 radical (unpaired) electrons. The Bertz CT molecular complexity index is 765. The fourth-order valence-electron chi connectivity index (χ4n) is 2.62. The van der Waals surface area contributed by atoms with Crippen molar-refractivity contribution in [2.24, 2.45) is 0 Å². The molecule has 0 aliphatic heterocycles. The molecule has 0 saturated carbocycles. The Hall–Kier alpha value is -2.85. The molecule has 0 saturated heterocycles. The number of furan rings is 1. The first-order chi connectivity index (χ1) is 11.7. The smallest absolute Gasteiger partial charge is 0.279 e. The molecule has 1 aromatic heterocycles. The minimum absolute atomic E-state index is 0.0358. The van der Waals surface area contributed by atoms with Gasteiger partial charge in [0.15, 0.2) is 18.3 Å². The van der Waals surface area contributed by atoms with E-state index >= 15 is 0 Å². The van der Waals surface area contributed by atoms with E-state index in [-0.39, 0.29) is 11.9 Å². The van der Waals surface area contributed by atoms with Crippen molar-refractivity contribution in [3.63, 3.8) is 0 Å². The molecule has 24 heavy (non-hydrogen) atoms. The van der Waals surface area contributed by atoms with Gasteiger partial charge in [0, 0.05) is 11.3 Å². The van der Waals surface area contributed by atoms with E-state index in [4.69, 9.17) is 4.42 Å². The lowest BCUT2D eigenvalue weighted by Gasteiger charge is -2.14. The van der Waals surface area contributed by atoms with Crippen LogP contribution in [-0.2, 0) is 4.79 Å². The van der Waals surface area contributed by atoms with E-state index in [1.807, 2.05) is 79.0 Å². The molecular formula is C20H21N2O2+. The van der Waals surface area contributed by atoms with Gasteiger partial charge >= 0.3 is 0 Å². The van der Waals surface area contributed by atoms with Crippen LogP contribution in [0.25, 0.3) is 0 Å². The van der Waals surface area contributed by atoms with Crippen LogP contribution in [0.3, 0.4) is 0 Å². The topological polar surface area (TPSA) is 58.9 Å². The Morgan fingerprint density at radius 1 is 1.04 bits per heavy atom. The van der Waals surface area contributed by atoms with Crippen molar-refractivity contribution in [3.8, 4) is 0 Å². The molecule has 0 aliphatic rings. The summed E-state index contributed by atoms with van der Waals surface area (Å²) in [5.41, 5.74) is 3.09. The second-order valence-electron chi connectivity index (χ2n) is 5.76. The molecule has 4 nitrogen and oxygen atoms in total. The fourth-order valence-corrected chi connectivity index (χ4v) is 2.62. The Labute approximate surface area is 141 Å². The van der Waals surface area contributed by atoms with Crippen molar-refractivity contribution in [1.29, 1.82) is 0 Å². The van der Waals surface area contributed by atoms with Crippen LogP contribution in [0.4, 0.5) is 5.69 Å². The number of carbonyl (C=O) groups is 1. The highest BCUT2D eigenvalue weighted by Crippen LogP contribution is 2.18. The summed E-state index contributed by atoms with van der Waals surface area (Å²) in [5, 5.41) is 4.90. The van der Waals surface area contributed by atoms with Gasteiger partial charge in [0.2, 0.25) is 0 Å². The van der Waals surface area contributed by atoms with E-state index < -0.39 is 0 Å². The predicted octanol–water partition coefficient (Wildman–Crippen LogP) is 2.88. The van der Waals surface area contributed by atoms with Gasteiger partial charge in [-0.3, -0.25) is 4.79 Å². The number of quaternary nitrogens is 1. The van der Waals surface area contributed by atoms with Crippen LogP contribution >= 0.6 is 0 Å². The van der Waals surface area contributed by atoms with E-state index in [2.05, 4.69) is 5.32 Å². The van der Waals surface area contributed by atoms with Crippen molar-refractivity contribution in [2.75, 3.05) is 11.9 Å². The fraction of sp³-hybridized carbons (Fsp3) is 0.150. The average Bonchev–Trinajstić information content (AvgIpc) is 3.12. The Morgan fingerprint density at radius 3 is 2.46 bits per heavy atom.